The van der Waals surface area contributed by atoms with Crippen molar-refractivity contribution in [2.24, 2.45) is 5.92 Å². The average molecular weight is 332 g/mol. The van der Waals surface area contributed by atoms with Crippen molar-refractivity contribution >= 4 is 23.3 Å². The maximum Gasteiger partial charge on any atom is 0.337 e. The Morgan fingerprint density at radius 1 is 1.33 bits per heavy atom. The zero-order valence-corrected chi connectivity index (χ0v) is 13.0. The van der Waals surface area contributed by atoms with Gasteiger partial charge in [-0.15, -0.1) is 0 Å². The van der Waals surface area contributed by atoms with Crippen LogP contribution in [0.1, 0.15) is 25.3 Å². The van der Waals surface area contributed by atoms with Crippen molar-refractivity contribution in [2.75, 3.05) is 0 Å². The number of amides is 1. The number of esters is 1. The van der Waals surface area contributed by atoms with E-state index in [0.29, 0.717) is 12.0 Å². The SMILES string of the molecule is CCC1C(=O)N2C(C(=O)OCc3ccc([N+](=O)[O-])cc3)C(=O)CC12. The Balaban J connectivity index is 1.62. The number of benzene rings is 1. The van der Waals surface area contributed by atoms with Gasteiger partial charge in [-0.1, -0.05) is 6.92 Å². The average Bonchev–Trinajstić information content (AvgIpc) is 2.86. The van der Waals surface area contributed by atoms with Gasteiger partial charge < -0.3 is 9.64 Å². The number of carbonyl (C=O) groups is 3. The van der Waals surface area contributed by atoms with Crippen LogP contribution in [0.15, 0.2) is 24.3 Å². The number of ketones is 1. The third-order valence-corrected chi connectivity index (χ3v) is 4.58. The van der Waals surface area contributed by atoms with E-state index in [1.54, 1.807) is 0 Å². The van der Waals surface area contributed by atoms with E-state index in [1.807, 2.05) is 6.92 Å². The van der Waals surface area contributed by atoms with Crippen molar-refractivity contribution in [3.05, 3.63) is 39.9 Å². The molecular weight excluding hydrogens is 316 g/mol. The molecule has 0 N–H and O–H groups in total. The van der Waals surface area contributed by atoms with E-state index in [-0.39, 0.29) is 42.4 Å². The molecule has 8 nitrogen and oxygen atoms in total. The first-order chi connectivity index (χ1) is 11.4. The van der Waals surface area contributed by atoms with Crippen molar-refractivity contribution in [1.82, 2.24) is 4.90 Å². The van der Waals surface area contributed by atoms with Gasteiger partial charge in [0.1, 0.15) is 6.61 Å². The van der Waals surface area contributed by atoms with Gasteiger partial charge in [-0.25, -0.2) is 4.79 Å². The maximum absolute atomic E-state index is 12.2. The summed E-state index contributed by atoms with van der Waals surface area (Å²) in [7, 11) is 0. The van der Waals surface area contributed by atoms with E-state index >= 15 is 0 Å². The molecule has 1 aromatic carbocycles. The maximum atomic E-state index is 12.2. The van der Waals surface area contributed by atoms with E-state index in [2.05, 4.69) is 0 Å². The van der Waals surface area contributed by atoms with E-state index in [0.717, 1.165) is 0 Å². The van der Waals surface area contributed by atoms with E-state index in [4.69, 9.17) is 4.74 Å². The molecule has 8 heteroatoms. The summed E-state index contributed by atoms with van der Waals surface area (Å²) in [5, 5.41) is 10.6. The lowest BCUT2D eigenvalue weighted by molar-refractivity contribution is -0.384. The molecule has 1 aromatic rings. The third kappa shape index (κ3) is 2.53. The Morgan fingerprint density at radius 2 is 2.00 bits per heavy atom. The number of nitro benzene ring substituents is 1. The van der Waals surface area contributed by atoms with E-state index < -0.39 is 16.9 Å². The Morgan fingerprint density at radius 3 is 2.58 bits per heavy atom. The van der Waals surface area contributed by atoms with Crippen LogP contribution >= 0.6 is 0 Å². The second kappa shape index (κ2) is 6.03. The summed E-state index contributed by atoms with van der Waals surface area (Å²) < 4.78 is 5.13. The molecule has 2 saturated heterocycles. The molecule has 0 aromatic heterocycles. The minimum atomic E-state index is -1.15. The number of Topliss-reactive ketones (excluding diaryl/α,β-unsaturated/α-hetero) is 1. The summed E-state index contributed by atoms with van der Waals surface area (Å²) in [6, 6.07) is 4.24. The highest BCUT2D eigenvalue weighted by Gasteiger charge is 2.59. The van der Waals surface area contributed by atoms with Crippen LogP contribution < -0.4 is 0 Å². The van der Waals surface area contributed by atoms with Crippen LogP contribution in [0.2, 0.25) is 0 Å². The van der Waals surface area contributed by atoms with Crippen LogP contribution in [0.25, 0.3) is 0 Å². The number of nitrogens with zero attached hydrogens (tertiary/aromatic N) is 2. The predicted molar refractivity (Wildman–Crippen MR) is 80.7 cm³/mol. The highest BCUT2D eigenvalue weighted by molar-refractivity contribution is 6.11. The molecule has 1 amide bonds. The zero-order chi connectivity index (χ0) is 17.4. The van der Waals surface area contributed by atoms with Gasteiger partial charge in [-0.05, 0) is 24.1 Å². The van der Waals surface area contributed by atoms with Crippen molar-refractivity contribution < 1.29 is 24.0 Å². The summed E-state index contributed by atoms with van der Waals surface area (Å²) in [5.41, 5.74) is 0.507. The first-order valence-electron chi connectivity index (χ1n) is 7.69. The molecule has 3 atom stereocenters. The summed E-state index contributed by atoms with van der Waals surface area (Å²) in [6.45, 7) is 1.77. The van der Waals surface area contributed by atoms with Gasteiger partial charge in [0.05, 0.1) is 16.9 Å². The highest BCUT2D eigenvalue weighted by Crippen LogP contribution is 2.39. The number of fused-ring (bicyclic) bond motifs is 1. The fourth-order valence-corrected chi connectivity index (χ4v) is 3.30. The van der Waals surface area contributed by atoms with Crippen molar-refractivity contribution in [3.8, 4) is 0 Å². The number of hydrogen-bond donors (Lipinski definition) is 0. The quantitative estimate of drug-likeness (QED) is 0.264. The fraction of sp³-hybridized carbons (Fsp3) is 0.438. The Labute approximate surface area is 137 Å². The van der Waals surface area contributed by atoms with Crippen LogP contribution in [0.3, 0.4) is 0 Å². The fourth-order valence-electron chi connectivity index (χ4n) is 3.30. The number of rotatable bonds is 5. The van der Waals surface area contributed by atoms with Gasteiger partial charge in [0.2, 0.25) is 5.91 Å². The second-order valence-corrected chi connectivity index (χ2v) is 5.93. The molecule has 0 aliphatic carbocycles. The smallest absolute Gasteiger partial charge is 0.337 e. The topological polar surface area (TPSA) is 107 Å². The summed E-state index contributed by atoms with van der Waals surface area (Å²) >= 11 is 0. The Hall–Kier alpha value is -2.77. The number of ether oxygens (including phenoxy) is 1. The summed E-state index contributed by atoms with van der Waals surface area (Å²) in [4.78, 5) is 47.6. The molecule has 0 spiro atoms. The Kier molecular flexibility index (Phi) is 4.04. The number of nitro groups is 1. The lowest BCUT2D eigenvalue weighted by Crippen LogP contribution is -2.61. The van der Waals surface area contributed by atoms with Crippen LogP contribution in [0.4, 0.5) is 5.69 Å². The van der Waals surface area contributed by atoms with Crippen LogP contribution in [-0.4, -0.2) is 39.6 Å². The molecule has 3 unspecified atom stereocenters. The van der Waals surface area contributed by atoms with Crippen LogP contribution in [-0.2, 0) is 25.7 Å². The summed E-state index contributed by atoms with van der Waals surface area (Å²) in [5.74, 6) is -1.39. The van der Waals surface area contributed by atoms with E-state index in [1.165, 1.54) is 29.2 Å². The van der Waals surface area contributed by atoms with Crippen molar-refractivity contribution in [1.29, 1.82) is 0 Å². The van der Waals surface area contributed by atoms with Gasteiger partial charge in [-0.3, -0.25) is 19.7 Å². The number of carbonyl (C=O) groups excluding carboxylic acids is 3. The molecule has 3 rings (SSSR count). The molecule has 0 bridgehead atoms. The van der Waals surface area contributed by atoms with E-state index in [9.17, 15) is 24.5 Å². The van der Waals surface area contributed by atoms with Gasteiger partial charge in [0.25, 0.3) is 5.69 Å². The normalized spacial score (nSPS) is 25.2. The lowest BCUT2D eigenvalue weighted by Gasteiger charge is -2.43. The molecule has 2 heterocycles. The van der Waals surface area contributed by atoms with Gasteiger partial charge >= 0.3 is 5.97 Å². The van der Waals surface area contributed by atoms with Crippen LogP contribution in [0, 0.1) is 16.0 Å². The lowest BCUT2D eigenvalue weighted by atomic mass is 9.86. The van der Waals surface area contributed by atoms with Crippen LogP contribution in [0.5, 0.6) is 0 Å². The molecule has 126 valence electrons. The molecule has 2 fully saturated rings. The minimum absolute atomic E-state index is 0.0596. The van der Waals surface area contributed by atoms with Crippen molar-refractivity contribution in [3.63, 3.8) is 0 Å². The van der Waals surface area contributed by atoms with Gasteiger partial charge in [0.15, 0.2) is 11.8 Å². The second-order valence-electron chi connectivity index (χ2n) is 5.93. The molecule has 0 radical (unpaired) electrons. The number of non-ortho nitro benzene ring substituents is 1. The largest absolute Gasteiger partial charge is 0.459 e. The summed E-state index contributed by atoms with van der Waals surface area (Å²) in [6.07, 6.45) is 0.847. The highest BCUT2D eigenvalue weighted by atomic mass is 16.6. The third-order valence-electron chi connectivity index (χ3n) is 4.58. The number of β-lactam (4-membered cyclic amide) rings is 1. The van der Waals surface area contributed by atoms with Gasteiger partial charge in [-0.2, -0.15) is 0 Å². The standard InChI is InChI=1S/C16H16N2O6/c1-2-11-12-7-13(19)14(17(12)15(11)20)16(21)24-8-9-3-5-10(6-4-9)18(22)23/h3-6,11-12,14H,2,7-8H2,1H3. The Bertz CT molecular complexity index is 714. The molecule has 0 saturated carbocycles. The van der Waals surface area contributed by atoms with Crippen molar-refractivity contribution in [2.45, 2.75) is 38.5 Å². The monoisotopic (exact) mass is 332 g/mol. The first kappa shape index (κ1) is 16.1. The number of hydrogen-bond acceptors (Lipinski definition) is 6. The zero-order valence-electron chi connectivity index (χ0n) is 13.0. The molecule has 24 heavy (non-hydrogen) atoms. The first-order valence-corrected chi connectivity index (χ1v) is 7.69. The predicted octanol–water partition coefficient (Wildman–Crippen LogP) is 1.22. The van der Waals surface area contributed by atoms with Gasteiger partial charge in [0, 0.05) is 18.6 Å². The molecular formula is C16H16N2O6. The molecule has 2 aliphatic heterocycles. The molecule has 2 aliphatic rings. The minimum Gasteiger partial charge on any atom is -0.459 e.